The van der Waals surface area contributed by atoms with Crippen LogP contribution in [0.25, 0.3) is 0 Å². The molecule has 0 aliphatic carbocycles. The molecule has 1 N–H and O–H groups in total. The second kappa shape index (κ2) is 11.0. The summed E-state index contributed by atoms with van der Waals surface area (Å²) in [6, 6.07) is 9.87. The molecule has 32 heavy (non-hydrogen) atoms. The van der Waals surface area contributed by atoms with Crippen molar-refractivity contribution in [1.82, 2.24) is 10.2 Å². The van der Waals surface area contributed by atoms with Gasteiger partial charge in [-0.15, -0.1) is 0 Å². The molecule has 0 unspecified atom stereocenters. The zero-order chi connectivity index (χ0) is 23.1. The predicted molar refractivity (Wildman–Crippen MR) is 124 cm³/mol. The van der Waals surface area contributed by atoms with Crippen LogP contribution in [-0.2, 0) is 12.8 Å². The summed E-state index contributed by atoms with van der Waals surface area (Å²) in [5.41, 5.74) is 3.44. The molecule has 7 heteroatoms. The van der Waals surface area contributed by atoms with Gasteiger partial charge in [-0.05, 0) is 60.2 Å². The Morgan fingerprint density at radius 1 is 0.969 bits per heavy atom. The van der Waals surface area contributed by atoms with Gasteiger partial charge in [-0.3, -0.25) is 0 Å². The number of carbonyl (C=O) groups excluding carboxylic acids is 1. The topological polar surface area (TPSA) is 69.3 Å². The van der Waals surface area contributed by atoms with Gasteiger partial charge in [0.25, 0.3) is 0 Å². The largest absolute Gasteiger partial charge is 0.493 e. The molecule has 0 saturated heterocycles. The first kappa shape index (κ1) is 23.6. The summed E-state index contributed by atoms with van der Waals surface area (Å²) in [4.78, 5) is 15.0. The Morgan fingerprint density at radius 3 is 2.28 bits per heavy atom. The molecule has 0 bridgehead atoms. The average Bonchev–Trinajstić information content (AvgIpc) is 2.83. The zero-order valence-corrected chi connectivity index (χ0v) is 19.7. The Morgan fingerprint density at radius 2 is 1.62 bits per heavy atom. The molecule has 3 rings (SSSR count). The zero-order valence-electron chi connectivity index (χ0n) is 19.7. The van der Waals surface area contributed by atoms with Crippen molar-refractivity contribution >= 4 is 6.03 Å². The van der Waals surface area contributed by atoms with Crippen molar-refractivity contribution in [3.8, 4) is 23.0 Å². The van der Waals surface area contributed by atoms with E-state index >= 15 is 0 Å². The van der Waals surface area contributed by atoms with Gasteiger partial charge in [0, 0.05) is 13.1 Å². The molecule has 2 amide bonds. The first-order valence-corrected chi connectivity index (χ1v) is 11.1. The van der Waals surface area contributed by atoms with Crippen LogP contribution in [0.1, 0.15) is 42.5 Å². The molecule has 0 radical (unpaired) electrons. The van der Waals surface area contributed by atoms with Crippen LogP contribution < -0.4 is 24.3 Å². The van der Waals surface area contributed by atoms with E-state index in [-0.39, 0.29) is 12.1 Å². The fraction of sp³-hybridized carbons (Fsp3) is 0.480. The maximum atomic E-state index is 13.1. The minimum atomic E-state index is -0.0376. The molecule has 2 aromatic rings. The molecule has 1 aliphatic heterocycles. The third-order valence-corrected chi connectivity index (χ3v) is 5.96. The molecule has 1 aliphatic rings. The van der Waals surface area contributed by atoms with E-state index in [1.165, 1.54) is 5.56 Å². The minimum absolute atomic E-state index is 0.0182. The Balaban J connectivity index is 1.70. The van der Waals surface area contributed by atoms with Crippen molar-refractivity contribution in [1.29, 1.82) is 0 Å². The van der Waals surface area contributed by atoms with Gasteiger partial charge in [0.15, 0.2) is 23.0 Å². The number of hydrogen-bond donors (Lipinski definition) is 1. The van der Waals surface area contributed by atoms with E-state index in [2.05, 4.69) is 12.2 Å². The first-order chi connectivity index (χ1) is 15.6. The van der Waals surface area contributed by atoms with Crippen LogP contribution in [0.15, 0.2) is 30.3 Å². The van der Waals surface area contributed by atoms with E-state index in [9.17, 15) is 4.79 Å². The molecule has 0 fully saturated rings. The fourth-order valence-corrected chi connectivity index (χ4v) is 4.31. The number of nitrogens with zero attached hydrogens (tertiary/aromatic N) is 1. The first-order valence-electron chi connectivity index (χ1n) is 11.1. The summed E-state index contributed by atoms with van der Waals surface area (Å²) in [6.45, 7) is 3.36. The number of hydrogen-bond acceptors (Lipinski definition) is 5. The summed E-state index contributed by atoms with van der Waals surface area (Å²) < 4.78 is 21.6. The van der Waals surface area contributed by atoms with Crippen molar-refractivity contribution in [3.05, 3.63) is 47.0 Å². The molecule has 2 aromatic carbocycles. The smallest absolute Gasteiger partial charge is 0.317 e. The van der Waals surface area contributed by atoms with Crippen molar-refractivity contribution in [2.75, 3.05) is 41.5 Å². The lowest BCUT2D eigenvalue weighted by Crippen LogP contribution is -2.46. The van der Waals surface area contributed by atoms with Crippen LogP contribution >= 0.6 is 0 Å². The molecule has 0 spiro atoms. The van der Waals surface area contributed by atoms with E-state index in [0.717, 1.165) is 36.1 Å². The standard InChI is InChI=1S/C25H34N2O5/c1-6-7-20-19-16-24(32-5)23(31-4)15-18(19)11-13-27(20)25(28)26-12-10-17-8-9-21(29-2)22(14-17)30-3/h8-9,14-16,20H,6-7,10-13H2,1-5H3,(H,26,28)/t20-/m0/s1. The number of fused-ring (bicyclic) bond motifs is 1. The van der Waals surface area contributed by atoms with Gasteiger partial charge in [-0.1, -0.05) is 19.4 Å². The van der Waals surface area contributed by atoms with Crippen molar-refractivity contribution in [2.45, 2.75) is 38.6 Å². The lowest BCUT2D eigenvalue weighted by Gasteiger charge is -2.37. The highest BCUT2D eigenvalue weighted by molar-refractivity contribution is 5.75. The predicted octanol–water partition coefficient (Wildman–Crippen LogP) is 4.37. The van der Waals surface area contributed by atoms with Gasteiger partial charge in [-0.25, -0.2) is 4.79 Å². The van der Waals surface area contributed by atoms with Crippen molar-refractivity contribution in [3.63, 3.8) is 0 Å². The molecule has 1 atom stereocenters. The molecule has 174 valence electrons. The third-order valence-electron chi connectivity index (χ3n) is 5.96. The normalized spacial score (nSPS) is 15.0. The second-order valence-corrected chi connectivity index (χ2v) is 7.83. The number of nitrogens with one attached hydrogen (secondary N) is 1. The monoisotopic (exact) mass is 442 g/mol. The Labute approximate surface area is 190 Å². The van der Waals surface area contributed by atoms with Gasteiger partial charge in [0.2, 0.25) is 0 Å². The van der Waals surface area contributed by atoms with Crippen LogP contribution in [0.5, 0.6) is 23.0 Å². The van der Waals surface area contributed by atoms with Crippen molar-refractivity contribution < 1.29 is 23.7 Å². The number of carbonyl (C=O) groups is 1. The maximum Gasteiger partial charge on any atom is 0.317 e. The number of amides is 2. The minimum Gasteiger partial charge on any atom is -0.493 e. The van der Waals surface area contributed by atoms with Crippen LogP contribution in [0.4, 0.5) is 4.79 Å². The van der Waals surface area contributed by atoms with Gasteiger partial charge in [-0.2, -0.15) is 0 Å². The third kappa shape index (κ3) is 5.03. The molecule has 7 nitrogen and oxygen atoms in total. The van der Waals surface area contributed by atoms with E-state index in [1.807, 2.05) is 35.2 Å². The summed E-state index contributed by atoms with van der Waals surface area (Å²) >= 11 is 0. The van der Waals surface area contributed by atoms with Gasteiger partial charge >= 0.3 is 6.03 Å². The maximum absolute atomic E-state index is 13.1. The average molecular weight is 443 g/mol. The number of benzene rings is 2. The summed E-state index contributed by atoms with van der Waals surface area (Å²) in [7, 11) is 6.53. The highest BCUT2D eigenvalue weighted by Crippen LogP contribution is 2.39. The van der Waals surface area contributed by atoms with Gasteiger partial charge in [0.1, 0.15) is 0 Å². The SMILES string of the molecule is CCC[C@H]1c2cc(OC)c(OC)cc2CCN1C(=O)NCCc1ccc(OC)c(OC)c1. The Hall–Kier alpha value is -3.09. The Kier molecular flexibility index (Phi) is 8.09. The number of methoxy groups -OCH3 is 4. The summed E-state index contributed by atoms with van der Waals surface area (Å²) in [5.74, 6) is 2.82. The lowest BCUT2D eigenvalue weighted by atomic mass is 9.89. The molecule has 0 saturated carbocycles. The quantitative estimate of drug-likeness (QED) is 0.624. The van der Waals surface area contributed by atoms with Crippen LogP contribution in [-0.4, -0.2) is 52.5 Å². The molecular formula is C25H34N2O5. The van der Waals surface area contributed by atoms with E-state index in [1.54, 1.807) is 28.4 Å². The van der Waals surface area contributed by atoms with Crippen molar-refractivity contribution in [2.24, 2.45) is 0 Å². The van der Waals surface area contributed by atoms with Crippen LogP contribution in [0.2, 0.25) is 0 Å². The summed E-state index contributed by atoms with van der Waals surface area (Å²) in [5, 5.41) is 3.10. The van der Waals surface area contributed by atoms with E-state index < -0.39 is 0 Å². The molecular weight excluding hydrogens is 408 g/mol. The van der Waals surface area contributed by atoms with E-state index in [4.69, 9.17) is 18.9 Å². The summed E-state index contributed by atoms with van der Waals surface area (Å²) in [6.07, 6.45) is 3.37. The van der Waals surface area contributed by atoms with Crippen LogP contribution in [0.3, 0.4) is 0 Å². The second-order valence-electron chi connectivity index (χ2n) is 7.83. The fourth-order valence-electron chi connectivity index (χ4n) is 4.31. The number of rotatable bonds is 9. The lowest BCUT2D eigenvalue weighted by molar-refractivity contribution is 0.164. The Bertz CT molecular complexity index is 931. The van der Waals surface area contributed by atoms with E-state index in [0.29, 0.717) is 36.8 Å². The molecule has 0 aromatic heterocycles. The molecule has 1 heterocycles. The van der Waals surface area contributed by atoms with Crippen LogP contribution in [0, 0.1) is 0 Å². The number of ether oxygens (including phenoxy) is 4. The highest BCUT2D eigenvalue weighted by atomic mass is 16.5. The van der Waals surface area contributed by atoms with Gasteiger partial charge in [0.05, 0.1) is 34.5 Å². The van der Waals surface area contributed by atoms with Gasteiger partial charge < -0.3 is 29.2 Å². The number of urea groups is 1. The highest BCUT2D eigenvalue weighted by Gasteiger charge is 2.31.